The monoisotopic (exact) mass is 270 g/mol. The van der Waals surface area contributed by atoms with E-state index in [9.17, 15) is 9.90 Å². The number of fused-ring (bicyclic) bond motifs is 3. The minimum absolute atomic E-state index is 0.0849. The van der Waals surface area contributed by atoms with Crippen molar-refractivity contribution in [3.63, 3.8) is 0 Å². The number of Topliss-reactive ketones (excluding diaryl/α,β-unsaturated/α-hetero) is 1. The van der Waals surface area contributed by atoms with E-state index in [4.69, 9.17) is 0 Å². The Morgan fingerprint density at radius 3 is 2.70 bits per heavy atom. The van der Waals surface area contributed by atoms with Crippen molar-refractivity contribution in [3.8, 4) is 11.3 Å². The molecular formula is C16H18N2O2. The van der Waals surface area contributed by atoms with Crippen LogP contribution in [0, 0.1) is 5.41 Å². The molecule has 1 heterocycles. The highest BCUT2D eigenvalue weighted by Crippen LogP contribution is 2.37. The standard InChI is InChI=1S/C16H18N2O2/c1-16(2,3)8-11-17-12-9-6-4-5-7-10(9)14(19)15(20)13(12)18-11/h4-7,14,19H,8H2,1-3H3,(H,17,18). The minimum Gasteiger partial charge on any atom is -0.380 e. The molecule has 1 aromatic carbocycles. The van der Waals surface area contributed by atoms with E-state index in [0.717, 1.165) is 17.8 Å². The largest absolute Gasteiger partial charge is 0.380 e. The molecule has 0 bridgehead atoms. The summed E-state index contributed by atoms with van der Waals surface area (Å²) in [4.78, 5) is 19.9. The van der Waals surface area contributed by atoms with Gasteiger partial charge in [0.05, 0.1) is 5.69 Å². The number of rotatable bonds is 1. The first kappa shape index (κ1) is 13.1. The first-order chi connectivity index (χ1) is 9.37. The van der Waals surface area contributed by atoms with Gasteiger partial charge in [-0.25, -0.2) is 4.98 Å². The molecular weight excluding hydrogens is 252 g/mol. The van der Waals surface area contributed by atoms with Gasteiger partial charge in [0.25, 0.3) is 0 Å². The van der Waals surface area contributed by atoms with E-state index in [0.29, 0.717) is 17.0 Å². The number of carbonyl (C=O) groups is 1. The SMILES string of the molecule is CC(C)(C)Cc1nc2c([nH]1)C(=O)C(O)c1ccccc1-2. The predicted molar refractivity (Wildman–Crippen MR) is 76.5 cm³/mol. The van der Waals surface area contributed by atoms with Gasteiger partial charge in [0, 0.05) is 12.0 Å². The summed E-state index contributed by atoms with van der Waals surface area (Å²) in [5, 5.41) is 10.1. The Bertz CT molecular complexity index is 680. The molecule has 1 aliphatic carbocycles. The molecule has 4 heteroatoms. The minimum atomic E-state index is -1.10. The molecule has 0 spiro atoms. The molecule has 2 N–H and O–H groups in total. The predicted octanol–water partition coefficient (Wildman–Crippen LogP) is 2.90. The van der Waals surface area contributed by atoms with E-state index in [2.05, 4.69) is 30.7 Å². The zero-order valence-electron chi connectivity index (χ0n) is 11.9. The summed E-state index contributed by atoms with van der Waals surface area (Å²) in [6, 6.07) is 7.39. The molecule has 1 aliphatic rings. The van der Waals surface area contributed by atoms with Gasteiger partial charge in [0.1, 0.15) is 17.6 Å². The van der Waals surface area contributed by atoms with Crippen molar-refractivity contribution in [1.82, 2.24) is 9.97 Å². The fourth-order valence-corrected chi connectivity index (χ4v) is 2.61. The fraction of sp³-hybridized carbons (Fsp3) is 0.375. The molecule has 0 saturated heterocycles. The molecule has 0 aliphatic heterocycles. The highest BCUT2D eigenvalue weighted by Gasteiger charge is 2.33. The first-order valence-electron chi connectivity index (χ1n) is 6.77. The highest BCUT2D eigenvalue weighted by molar-refractivity contribution is 6.07. The quantitative estimate of drug-likeness (QED) is 0.837. The van der Waals surface area contributed by atoms with E-state index >= 15 is 0 Å². The smallest absolute Gasteiger partial charge is 0.214 e. The van der Waals surface area contributed by atoms with Crippen LogP contribution in [-0.2, 0) is 6.42 Å². The van der Waals surface area contributed by atoms with Gasteiger partial charge < -0.3 is 10.1 Å². The molecule has 3 rings (SSSR count). The zero-order chi connectivity index (χ0) is 14.5. The van der Waals surface area contributed by atoms with Gasteiger partial charge in [-0.3, -0.25) is 4.79 Å². The van der Waals surface area contributed by atoms with E-state index < -0.39 is 6.10 Å². The average molecular weight is 270 g/mol. The van der Waals surface area contributed by atoms with Crippen molar-refractivity contribution in [1.29, 1.82) is 0 Å². The molecule has 0 amide bonds. The number of aliphatic hydroxyl groups is 1. The van der Waals surface area contributed by atoms with Gasteiger partial charge in [-0.2, -0.15) is 0 Å². The summed E-state index contributed by atoms with van der Waals surface area (Å²) in [5.74, 6) is 0.492. The van der Waals surface area contributed by atoms with E-state index in [1.807, 2.05) is 18.2 Å². The molecule has 0 fully saturated rings. The topological polar surface area (TPSA) is 66.0 Å². The number of aromatic amines is 1. The van der Waals surface area contributed by atoms with Crippen LogP contribution in [0.25, 0.3) is 11.3 Å². The third-order valence-corrected chi connectivity index (χ3v) is 3.46. The average Bonchev–Trinajstić information content (AvgIpc) is 2.77. The summed E-state index contributed by atoms with van der Waals surface area (Å²) in [6.45, 7) is 6.37. The third kappa shape index (κ3) is 2.06. The van der Waals surface area contributed by atoms with Crippen molar-refractivity contribution in [3.05, 3.63) is 41.3 Å². The second-order valence-corrected chi connectivity index (χ2v) is 6.50. The summed E-state index contributed by atoms with van der Waals surface area (Å²) in [7, 11) is 0. The Hall–Kier alpha value is -1.94. The molecule has 2 aromatic rings. The number of nitrogens with one attached hydrogen (secondary N) is 1. The van der Waals surface area contributed by atoms with E-state index in [-0.39, 0.29) is 11.2 Å². The number of imidazole rings is 1. The normalized spacial score (nSPS) is 17.8. The number of ketones is 1. The van der Waals surface area contributed by atoms with Crippen molar-refractivity contribution >= 4 is 5.78 Å². The van der Waals surface area contributed by atoms with Crippen LogP contribution in [0.2, 0.25) is 0 Å². The molecule has 0 radical (unpaired) electrons. The van der Waals surface area contributed by atoms with Crippen LogP contribution in [0.4, 0.5) is 0 Å². The summed E-state index contributed by atoms with van der Waals surface area (Å²) in [6.07, 6.45) is -0.340. The maximum atomic E-state index is 12.2. The number of benzene rings is 1. The number of H-pyrrole nitrogens is 1. The van der Waals surface area contributed by atoms with Gasteiger partial charge in [0.15, 0.2) is 0 Å². The van der Waals surface area contributed by atoms with Gasteiger partial charge in [-0.1, -0.05) is 45.0 Å². The van der Waals surface area contributed by atoms with Crippen molar-refractivity contribution in [2.75, 3.05) is 0 Å². The molecule has 4 nitrogen and oxygen atoms in total. The van der Waals surface area contributed by atoms with Crippen LogP contribution in [0.1, 0.15) is 48.8 Å². The van der Waals surface area contributed by atoms with Crippen LogP contribution in [0.3, 0.4) is 0 Å². The van der Waals surface area contributed by atoms with E-state index in [1.54, 1.807) is 6.07 Å². The summed E-state index contributed by atoms with van der Waals surface area (Å²) in [5.41, 5.74) is 2.65. The van der Waals surface area contributed by atoms with Crippen molar-refractivity contribution < 1.29 is 9.90 Å². The highest BCUT2D eigenvalue weighted by atomic mass is 16.3. The molecule has 1 unspecified atom stereocenters. The summed E-state index contributed by atoms with van der Waals surface area (Å²) < 4.78 is 0. The molecule has 1 aromatic heterocycles. The number of carbonyl (C=O) groups excluding carboxylic acids is 1. The zero-order valence-corrected chi connectivity index (χ0v) is 11.9. The van der Waals surface area contributed by atoms with Crippen molar-refractivity contribution in [2.45, 2.75) is 33.3 Å². The number of aliphatic hydroxyl groups excluding tert-OH is 1. The van der Waals surface area contributed by atoms with Crippen LogP contribution in [0.15, 0.2) is 24.3 Å². The second kappa shape index (κ2) is 4.28. The van der Waals surface area contributed by atoms with E-state index in [1.165, 1.54) is 0 Å². The first-order valence-corrected chi connectivity index (χ1v) is 6.77. The third-order valence-electron chi connectivity index (χ3n) is 3.46. The Morgan fingerprint density at radius 1 is 1.30 bits per heavy atom. The number of aromatic nitrogens is 2. The van der Waals surface area contributed by atoms with Crippen LogP contribution in [0.5, 0.6) is 0 Å². The van der Waals surface area contributed by atoms with Crippen LogP contribution in [-0.4, -0.2) is 20.9 Å². The van der Waals surface area contributed by atoms with Crippen LogP contribution >= 0.6 is 0 Å². The van der Waals surface area contributed by atoms with Gasteiger partial charge >= 0.3 is 0 Å². The lowest BCUT2D eigenvalue weighted by atomic mass is 9.89. The lowest BCUT2D eigenvalue weighted by molar-refractivity contribution is 0.0738. The lowest BCUT2D eigenvalue weighted by Crippen LogP contribution is -2.19. The Kier molecular flexibility index (Phi) is 2.80. The molecule has 1 atom stereocenters. The van der Waals surface area contributed by atoms with Crippen LogP contribution < -0.4 is 0 Å². The van der Waals surface area contributed by atoms with Gasteiger partial charge in [-0.15, -0.1) is 0 Å². The van der Waals surface area contributed by atoms with Gasteiger partial charge in [-0.05, 0) is 11.0 Å². The Morgan fingerprint density at radius 2 is 2.00 bits per heavy atom. The maximum absolute atomic E-state index is 12.2. The Balaban J connectivity index is 2.13. The number of hydrogen-bond donors (Lipinski definition) is 2. The molecule has 104 valence electrons. The van der Waals surface area contributed by atoms with Gasteiger partial charge in [0.2, 0.25) is 5.78 Å². The second-order valence-electron chi connectivity index (χ2n) is 6.50. The maximum Gasteiger partial charge on any atom is 0.214 e. The summed E-state index contributed by atoms with van der Waals surface area (Å²) >= 11 is 0. The number of hydrogen-bond acceptors (Lipinski definition) is 3. The molecule has 0 saturated carbocycles. The number of nitrogens with zero attached hydrogens (tertiary/aromatic N) is 1. The molecule has 20 heavy (non-hydrogen) atoms. The Labute approximate surface area is 117 Å². The lowest BCUT2D eigenvalue weighted by Gasteiger charge is -2.18. The fourth-order valence-electron chi connectivity index (χ4n) is 2.61. The van der Waals surface area contributed by atoms with Crippen molar-refractivity contribution in [2.24, 2.45) is 5.41 Å².